The van der Waals surface area contributed by atoms with Crippen LogP contribution in [0.3, 0.4) is 0 Å². The van der Waals surface area contributed by atoms with Gasteiger partial charge in [0, 0.05) is 6.42 Å². The number of nitrogens with one attached hydrogen (secondary N) is 1. The number of allylic oxidation sites excluding steroid dienone is 4. The van der Waals surface area contributed by atoms with Crippen LogP contribution in [0.4, 0.5) is 0 Å². The molecule has 0 bridgehead atoms. The van der Waals surface area contributed by atoms with Gasteiger partial charge in [0.15, 0.2) is 0 Å². The molecule has 386 valence electrons. The van der Waals surface area contributed by atoms with Crippen LogP contribution in [0.2, 0.25) is 0 Å². The number of aliphatic hydroxyl groups excluding tert-OH is 1. The van der Waals surface area contributed by atoms with Gasteiger partial charge >= 0.3 is 7.82 Å². The van der Waals surface area contributed by atoms with E-state index in [0.717, 1.165) is 44.9 Å². The summed E-state index contributed by atoms with van der Waals surface area (Å²) in [5.74, 6) is -0.145. The molecular weight excluding hydrogens is 828 g/mol. The van der Waals surface area contributed by atoms with Crippen LogP contribution in [0.5, 0.6) is 0 Å². The van der Waals surface area contributed by atoms with Crippen molar-refractivity contribution in [1.29, 1.82) is 0 Å². The topological polar surface area (TPSA) is 105 Å². The number of aliphatic hydroxyl groups is 1. The fourth-order valence-corrected chi connectivity index (χ4v) is 9.23. The lowest BCUT2D eigenvalue weighted by Crippen LogP contribution is -2.46. The van der Waals surface area contributed by atoms with E-state index >= 15 is 0 Å². The summed E-state index contributed by atoms with van der Waals surface area (Å²) in [6, 6.07) is -0.753. The summed E-state index contributed by atoms with van der Waals surface area (Å²) >= 11 is 0. The number of hydrogen-bond donors (Lipinski definition) is 3. The first-order valence-corrected chi connectivity index (χ1v) is 29.7. The van der Waals surface area contributed by atoms with Gasteiger partial charge < -0.3 is 19.8 Å². The molecule has 0 aromatic carbocycles. The molecule has 0 aliphatic heterocycles. The van der Waals surface area contributed by atoms with Gasteiger partial charge in [-0.3, -0.25) is 13.8 Å². The summed E-state index contributed by atoms with van der Waals surface area (Å²) in [5.41, 5.74) is 0. The first-order chi connectivity index (χ1) is 31.5. The number of phosphoric acid groups is 1. The maximum atomic E-state index is 12.9. The molecule has 0 aliphatic carbocycles. The summed E-state index contributed by atoms with van der Waals surface area (Å²) < 4.78 is 23.5. The van der Waals surface area contributed by atoms with Crippen molar-refractivity contribution in [2.45, 2.75) is 289 Å². The fraction of sp³-hybridized carbons (Fsp3) is 0.911. The molecule has 0 saturated heterocycles. The molecule has 9 heteroatoms. The molecule has 0 fully saturated rings. The third-order valence-corrected chi connectivity index (χ3v) is 13.9. The number of carbonyl (C=O) groups excluding carboxylic acids is 1. The normalized spacial score (nSPS) is 14.1. The van der Waals surface area contributed by atoms with Crippen molar-refractivity contribution >= 4 is 13.7 Å². The van der Waals surface area contributed by atoms with Crippen LogP contribution in [0.25, 0.3) is 0 Å². The minimum atomic E-state index is -4.30. The molecule has 0 spiro atoms. The Hall–Kier alpha value is -1.02. The predicted octanol–water partition coefficient (Wildman–Crippen LogP) is 16.8. The molecule has 3 atom stereocenters. The first kappa shape index (κ1) is 64.0. The van der Waals surface area contributed by atoms with Crippen molar-refractivity contribution < 1.29 is 32.9 Å². The van der Waals surface area contributed by atoms with Crippen LogP contribution in [0.15, 0.2) is 24.3 Å². The van der Waals surface area contributed by atoms with Gasteiger partial charge in [0.05, 0.1) is 39.9 Å². The largest absolute Gasteiger partial charge is 0.472 e. The molecule has 3 N–H and O–H groups in total. The third kappa shape index (κ3) is 50.7. The van der Waals surface area contributed by atoms with Crippen LogP contribution in [0, 0.1) is 0 Å². The zero-order valence-corrected chi connectivity index (χ0v) is 44.9. The third-order valence-electron chi connectivity index (χ3n) is 13.0. The Kier molecular flexibility index (Phi) is 47.3. The molecule has 0 aromatic rings. The van der Waals surface area contributed by atoms with Gasteiger partial charge in [-0.15, -0.1) is 0 Å². The van der Waals surface area contributed by atoms with E-state index < -0.39 is 20.0 Å². The highest BCUT2D eigenvalue weighted by Gasteiger charge is 2.28. The molecule has 0 radical (unpaired) electrons. The highest BCUT2D eigenvalue weighted by Crippen LogP contribution is 2.43. The second-order valence-corrected chi connectivity index (χ2v) is 22.1. The van der Waals surface area contributed by atoms with Crippen molar-refractivity contribution in [2.75, 3.05) is 40.9 Å². The molecule has 0 aliphatic rings. The Morgan fingerprint density at radius 3 is 1.26 bits per heavy atom. The summed E-state index contributed by atoms with van der Waals surface area (Å²) in [4.78, 5) is 23.1. The number of phosphoric ester groups is 1. The molecule has 0 rings (SSSR count). The van der Waals surface area contributed by atoms with Crippen LogP contribution < -0.4 is 5.32 Å². The Morgan fingerprint density at radius 1 is 0.523 bits per heavy atom. The van der Waals surface area contributed by atoms with E-state index in [2.05, 4.69) is 43.5 Å². The van der Waals surface area contributed by atoms with Crippen molar-refractivity contribution in [3.05, 3.63) is 24.3 Å². The highest BCUT2D eigenvalue weighted by atomic mass is 31.2. The summed E-state index contributed by atoms with van der Waals surface area (Å²) in [5, 5.41) is 13.8. The monoisotopic (exact) mass is 940 g/mol. The summed E-state index contributed by atoms with van der Waals surface area (Å²) in [7, 11) is 1.62. The fourth-order valence-electron chi connectivity index (χ4n) is 8.49. The molecule has 8 nitrogen and oxygen atoms in total. The van der Waals surface area contributed by atoms with Crippen molar-refractivity contribution in [1.82, 2.24) is 5.32 Å². The highest BCUT2D eigenvalue weighted by molar-refractivity contribution is 7.47. The number of unbranched alkanes of at least 4 members (excludes halogenated alkanes) is 35. The lowest BCUT2D eigenvalue weighted by molar-refractivity contribution is -0.870. The van der Waals surface area contributed by atoms with Gasteiger partial charge in [0.2, 0.25) is 5.91 Å². The maximum absolute atomic E-state index is 12.9. The Labute approximate surface area is 404 Å². The Morgan fingerprint density at radius 2 is 0.877 bits per heavy atom. The lowest BCUT2D eigenvalue weighted by atomic mass is 10.0. The first-order valence-electron chi connectivity index (χ1n) is 28.2. The zero-order valence-electron chi connectivity index (χ0n) is 44.0. The number of hydrogen-bond acceptors (Lipinski definition) is 5. The van der Waals surface area contributed by atoms with E-state index in [1.807, 2.05) is 21.1 Å². The minimum absolute atomic E-state index is 0.0764. The molecule has 0 saturated carbocycles. The van der Waals surface area contributed by atoms with E-state index in [1.165, 1.54) is 205 Å². The van der Waals surface area contributed by atoms with Gasteiger partial charge in [-0.2, -0.15) is 0 Å². The molecule has 0 heterocycles. The predicted molar refractivity (Wildman–Crippen MR) is 281 cm³/mol. The van der Waals surface area contributed by atoms with E-state index in [1.54, 1.807) is 0 Å². The van der Waals surface area contributed by atoms with E-state index in [0.29, 0.717) is 23.9 Å². The minimum Gasteiger partial charge on any atom is -0.391 e. The quantitative estimate of drug-likeness (QED) is 0.0243. The maximum Gasteiger partial charge on any atom is 0.472 e. The van der Waals surface area contributed by atoms with Crippen molar-refractivity contribution in [3.63, 3.8) is 0 Å². The van der Waals surface area contributed by atoms with Crippen molar-refractivity contribution in [2.24, 2.45) is 0 Å². The zero-order chi connectivity index (χ0) is 47.8. The van der Waals surface area contributed by atoms with Crippen LogP contribution in [0.1, 0.15) is 277 Å². The smallest absolute Gasteiger partial charge is 0.391 e. The number of carbonyl (C=O) groups is 1. The van der Waals surface area contributed by atoms with Gasteiger partial charge in [-0.1, -0.05) is 250 Å². The van der Waals surface area contributed by atoms with Gasteiger partial charge in [0.1, 0.15) is 13.2 Å². The average Bonchev–Trinajstić information content (AvgIpc) is 3.26. The Bertz CT molecular complexity index is 1110. The molecular formula is C56H112N2O6P+. The SMILES string of the molecule is CCCCCCC/C=C\C/C=C\CCCCCCCCCCCCCCCCCCCCCCCCCCCC(=O)NC(COP(=O)(O)OCC[N+](C)(C)C)C(O)CCCCCCCC. The molecule has 3 unspecified atom stereocenters. The number of likely N-dealkylation sites (N-methyl/N-ethyl adjacent to an activating group) is 1. The number of amides is 1. The second-order valence-electron chi connectivity index (χ2n) is 20.7. The number of rotatable bonds is 52. The standard InChI is InChI=1S/C56H111N2O6P/c1-6-8-10-12-14-15-16-17-18-19-20-21-22-23-24-25-26-27-28-29-30-31-32-33-34-35-36-37-38-39-40-41-42-43-44-46-48-50-56(60)57-54(55(59)49-47-45-13-11-9-7-2)53-64-65(61,62)63-52-51-58(3,4)5/h16-17,19-20,54-55,59H,6-15,18,21-53H2,1-5H3,(H-,57,60,61,62)/p+1/b17-16-,20-19-. The van der Waals surface area contributed by atoms with Crippen LogP contribution in [-0.2, 0) is 18.4 Å². The van der Waals surface area contributed by atoms with Gasteiger partial charge in [-0.05, 0) is 44.9 Å². The summed E-state index contributed by atoms with van der Waals surface area (Å²) in [6.07, 6.45) is 60.1. The molecule has 1 amide bonds. The average molecular weight is 940 g/mol. The lowest BCUT2D eigenvalue weighted by Gasteiger charge is -2.26. The van der Waals surface area contributed by atoms with E-state index in [-0.39, 0.29) is 19.1 Å². The van der Waals surface area contributed by atoms with Gasteiger partial charge in [-0.25, -0.2) is 4.57 Å². The van der Waals surface area contributed by atoms with E-state index in [4.69, 9.17) is 9.05 Å². The molecule has 65 heavy (non-hydrogen) atoms. The Balaban J connectivity index is 3.71. The van der Waals surface area contributed by atoms with Crippen molar-refractivity contribution in [3.8, 4) is 0 Å². The second kappa shape index (κ2) is 48.0. The van der Waals surface area contributed by atoms with E-state index in [9.17, 15) is 19.4 Å². The number of nitrogens with zero attached hydrogens (tertiary/aromatic N) is 1. The van der Waals surface area contributed by atoms with Gasteiger partial charge in [0.25, 0.3) is 0 Å². The number of quaternary nitrogens is 1. The van der Waals surface area contributed by atoms with Crippen LogP contribution in [-0.4, -0.2) is 73.4 Å². The van der Waals surface area contributed by atoms with Crippen LogP contribution >= 0.6 is 7.82 Å². The molecule has 0 aromatic heterocycles. The summed E-state index contributed by atoms with van der Waals surface area (Å²) in [6.45, 7) is 4.83.